The van der Waals surface area contributed by atoms with Crippen LogP contribution in [-0.2, 0) is 11.3 Å². The summed E-state index contributed by atoms with van der Waals surface area (Å²) in [5, 5.41) is 11.7. The van der Waals surface area contributed by atoms with Gasteiger partial charge in [0.1, 0.15) is 0 Å². The van der Waals surface area contributed by atoms with Crippen LogP contribution in [0.4, 0.5) is 0 Å². The summed E-state index contributed by atoms with van der Waals surface area (Å²) in [7, 11) is 1.95. The molecule has 4 heteroatoms. The van der Waals surface area contributed by atoms with Crippen LogP contribution in [0, 0.1) is 11.3 Å². The van der Waals surface area contributed by atoms with Crippen molar-refractivity contribution in [2.75, 3.05) is 13.6 Å². The Kier molecular flexibility index (Phi) is 6.04. The van der Waals surface area contributed by atoms with Gasteiger partial charge < -0.3 is 5.32 Å². The molecular weight excluding hydrogens is 238 g/mol. The molecule has 1 aromatic carbocycles. The predicted molar refractivity (Wildman–Crippen MR) is 75.4 cm³/mol. The van der Waals surface area contributed by atoms with E-state index in [1.54, 1.807) is 12.1 Å². The van der Waals surface area contributed by atoms with Crippen LogP contribution in [0.2, 0.25) is 0 Å². The third-order valence-electron chi connectivity index (χ3n) is 3.27. The van der Waals surface area contributed by atoms with Crippen LogP contribution in [0.5, 0.6) is 0 Å². The number of nitrogens with zero attached hydrogens (tertiary/aromatic N) is 2. The highest BCUT2D eigenvalue weighted by atomic mass is 16.2. The zero-order valence-electron chi connectivity index (χ0n) is 11.8. The molecule has 0 aliphatic heterocycles. The van der Waals surface area contributed by atoms with Crippen molar-refractivity contribution in [3.63, 3.8) is 0 Å². The molecule has 1 atom stereocenters. The Bertz CT molecular complexity index is 447. The zero-order valence-corrected chi connectivity index (χ0v) is 11.8. The highest BCUT2D eigenvalue weighted by Gasteiger charge is 2.19. The van der Waals surface area contributed by atoms with Gasteiger partial charge in [-0.2, -0.15) is 5.26 Å². The summed E-state index contributed by atoms with van der Waals surface area (Å²) >= 11 is 0. The van der Waals surface area contributed by atoms with Gasteiger partial charge in [0, 0.05) is 6.54 Å². The molecule has 0 fully saturated rings. The lowest BCUT2D eigenvalue weighted by Gasteiger charge is -2.24. The number of benzene rings is 1. The Morgan fingerprint density at radius 3 is 2.47 bits per heavy atom. The number of likely N-dealkylation sites (N-methyl/N-ethyl adjacent to an activating group) is 1. The summed E-state index contributed by atoms with van der Waals surface area (Å²) in [6.45, 7) is 5.40. The number of carbonyl (C=O) groups is 1. The van der Waals surface area contributed by atoms with Crippen LogP contribution < -0.4 is 5.32 Å². The van der Waals surface area contributed by atoms with Crippen molar-refractivity contribution in [1.29, 1.82) is 5.26 Å². The minimum Gasteiger partial charge on any atom is -0.351 e. The Morgan fingerprint density at radius 1 is 1.37 bits per heavy atom. The molecule has 0 bridgehead atoms. The third-order valence-corrected chi connectivity index (χ3v) is 3.27. The van der Waals surface area contributed by atoms with Crippen molar-refractivity contribution in [3.05, 3.63) is 35.4 Å². The number of hydrogen-bond acceptors (Lipinski definition) is 3. The summed E-state index contributed by atoms with van der Waals surface area (Å²) in [5.41, 5.74) is 1.63. The van der Waals surface area contributed by atoms with Crippen LogP contribution in [0.3, 0.4) is 0 Å². The largest absolute Gasteiger partial charge is 0.351 e. The van der Waals surface area contributed by atoms with Crippen molar-refractivity contribution in [1.82, 2.24) is 10.2 Å². The minimum atomic E-state index is -0.0802. The van der Waals surface area contributed by atoms with E-state index in [4.69, 9.17) is 5.26 Å². The Balaban J connectivity index is 2.55. The highest BCUT2D eigenvalue weighted by Crippen LogP contribution is 2.05. The van der Waals surface area contributed by atoms with Gasteiger partial charge in [-0.25, -0.2) is 0 Å². The van der Waals surface area contributed by atoms with E-state index in [0.717, 1.165) is 18.5 Å². The minimum absolute atomic E-state index is 0.0520. The van der Waals surface area contributed by atoms with Crippen LogP contribution in [0.15, 0.2) is 24.3 Å². The fourth-order valence-corrected chi connectivity index (χ4v) is 1.92. The van der Waals surface area contributed by atoms with Crippen molar-refractivity contribution >= 4 is 5.91 Å². The number of amides is 1. The second kappa shape index (κ2) is 7.55. The number of rotatable bonds is 6. The van der Waals surface area contributed by atoms with Gasteiger partial charge in [-0.05, 0) is 37.7 Å². The van der Waals surface area contributed by atoms with E-state index in [2.05, 4.69) is 11.4 Å². The third kappa shape index (κ3) is 4.38. The van der Waals surface area contributed by atoms with Gasteiger partial charge in [0.15, 0.2) is 0 Å². The fourth-order valence-electron chi connectivity index (χ4n) is 1.92. The first-order valence-electron chi connectivity index (χ1n) is 6.59. The molecule has 4 nitrogen and oxygen atoms in total. The monoisotopic (exact) mass is 259 g/mol. The molecule has 0 radical (unpaired) electrons. The molecule has 0 aliphatic carbocycles. The molecule has 1 rings (SSSR count). The smallest absolute Gasteiger partial charge is 0.237 e. The number of nitrogens with one attached hydrogen (secondary N) is 1. The van der Waals surface area contributed by atoms with Crippen molar-refractivity contribution in [2.24, 2.45) is 0 Å². The molecule has 0 spiro atoms. The first-order valence-corrected chi connectivity index (χ1v) is 6.59. The standard InChI is InChI=1S/C15H21N3O/c1-4-14(18(3)5-2)15(19)17-11-13-8-6-12(10-16)7-9-13/h6-9,14H,4-5,11H2,1-3H3,(H,17,19). The van der Waals surface area contributed by atoms with E-state index >= 15 is 0 Å². The van der Waals surface area contributed by atoms with Crippen LogP contribution in [-0.4, -0.2) is 30.4 Å². The molecular formula is C15H21N3O. The SMILES string of the molecule is CCC(C(=O)NCc1ccc(C#N)cc1)N(C)CC. The maximum Gasteiger partial charge on any atom is 0.237 e. The second-order valence-corrected chi connectivity index (χ2v) is 4.52. The van der Waals surface area contributed by atoms with E-state index < -0.39 is 0 Å². The highest BCUT2D eigenvalue weighted by molar-refractivity contribution is 5.81. The summed E-state index contributed by atoms with van der Waals surface area (Å²) in [6, 6.07) is 9.25. The molecule has 0 heterocycles. The molecule has 1 amide bonds. The first kappa shape index (κ1) is 15.2. The lowest BCUT2D eigenvalue weighted by atomic mass is 10.1. The lowest BCUT2D eigenvalue weighted by molar-refractivity contribution is -0.126. The van der Waals surface area contributed by atoms with Crippen LogP contribution in [0.1, 0.15) is 31.4 Å². The maximum atomic E-state index is 12.1. The molecule has 0 aliphatic rings. The average molecular weight is 259 g/mol. The molecule has 0 saturated heterocycles. The summed E-state index contributed by atoms with van der Waals surface area (Å²) < 4.78 is 0. The summed E-state index contributed by atoms with van der Waals surface area (Å²) in [5.74, 6) is 0.0520. The van der Waals surface area contributed by atoms with Gasteiger partial charge in [-0.3, -0.25) is 9.69 Å². The van der Waals surface area contributed by atoms with Crippen molar-refractivity contribution < 1.29 is 4.79 Å². The number of carbonyl (C=O) groups excluding carboxylic acids is 1. The Morgan fingerprint density at radius 2 is 2.00 bits per heavy atom. The molecule has 0 saturated carbocycles. The van der Waals surface area contributed by atoms with E-state index in [-0.39, 0.29) is 11.9 Å². The molecule has 19 heavy (non-hydrogen) atoms. The Labute approximate surface area is 115 Å². The molecule has 0 aromatic heterocycles. The molecule has 1 N–H and O–H groups in total. The van der Waals surface area contributed by atoms with Gasteiger partial charge in [0.2, 0.25) is 5.91 Å². The van der Waals surface area contributed by atoms with Gasteiger partial charge in [0.25, 0.3) is 0 Å². The van der Waals surface area contributed by atoms with E-state index in [1.807, 2.05) is 37.9 Å². The van der Waals surface area contributed by atoms with Crippen molar-refractivity contribution in [3.8, 4) is 6.07 Å². The summed E-state index contributed by atoms with van der Waals surface area (Å²) in [6.07, 6.45) is 0.795. The van der Waals surface area contributed by atoms with Crippen molar-refractivity contribution in [2.45, 2.75) is 32.9 Å². The maximum absolute atomic E-state index is 12.1. The van der Waals surface area contributed by atoms with Gasteiger partial charge in [0.05, 0.1) is 17.7 Å². The van der Waals surface area contributed by atoms with E-state index in [9.17, 15) is 4.79 Å². The topological polar surface area (TPSA) is 56.1 Å². The van der Waals surface area contributed by atoms with Gasteiger partial charge in [-0.15, -0.1) is 0 Å². The molecule has 1 unspecified atom stereocenters. The average Bonchev–Trinajstić information content (AvgIpc) is 2.46. The fraction of sp³-hybridized carbons (Fsp3) is 0.467. The molecule has 102 valence electrons. The predicted octanol–water partition coefficient (Wildman–Crippen LogP) is 1.90. The zero-order chi connectivity index (χ0) is 14.3. The first-order chi connectivity index (χ1) is 9.12. The molecule has 1 aromatic rings. The normalized spacial score (nSPS) is 11.9. The summed E-state index contributed by atoms with van der Waals surface area (Å²) in [4.78, 5) is 14.1. The van der Waals surface area contributed by atoms with Gasteiger partial charge >= 0.3 is 0 Å². The number of hydrogen-bond donors (Lipinski definition) is 1. The quantitative estimate of drug-likeness (QED) is 0.849. The van der Waals surface area contributed by atoms with E-state index in [0.29, 0.717) is 12.1 Å². The van der Waals surface area contributed by atoms with Gasteiger partial charge in [-0.1, -0.05) is 26.0 Å². The van der Waals surface area contributed by atoms with E-state index in [1.165, 1.54) is 0 Å². The lowest BCUT2D eigenvalue weighted by Crippen LogP contribution is -2.44. The van der Waals surface area contributed by atoms with Crippen LogP contribution in [0.25, 0.3) is 0 Å². The Hall–Kier alpha value is -1.86. The number of nitriles is 1. The second-order valence-electron chi connectivity index (χ2n) is 4.52. The van der Waals surface area contributed by atoms with Crippen LogP contribution >= 0.6 is 0 Å².